The number of hydrogen-bond donors (Lipinski definition) is 1. The fraction of sp³-hybridized carbons (Fsp3) is 0.571. The third-order valence-electron chi connectivity index (χ3n) is 2.67. The van der Waals surface area contributed by atoms with E-state index >= 15 is 0 Å². The van der Waals surface area contributed by atoms with E-state index in [1.165, 1.54) is 6.92 Å². The Hall–Kier alpha value is -1.82. The van der Waals surface area contributed by atoms with E-state index in [-0.39, 0.29) is 30.1 Å². The molecule has 0 aliphatic rings. The Morgan fingerprint density at radius 2 is 1.60 bits per heavy atom. The Kier molecular flexibility index (Phi) is 5.76. The molecule has 1 N–H and O–H groups in total. The van der Waals surface area contributed by atoms with Crippen LogP contribution in [-0.4, -0.2) is 30.3 Å². The summed E-state index contributed by atoms with van der Waals surface area (Å²) in [6.07, 6.45) is -0.629. The van der Waals surface area contributed by atoms with Crippen molar-refractivity contribution in [1.82, 2.24) is 0 Å². The molecule has 6 heteroatoms. The fourth-order valence-corrected chi connectivity index (χ4v) is 1.87. The molecule has 0 aliphatic carbocycles. The number of furan rings is 1. The van der Waals surface area contributed by atoms with E-state index in [0.29, 0.717) is 12.2 Å². The van der Waals surface area contributed by atoms with Gasteiger partial charge in [-0.2, -0.15) is 0 Å². The molecular weight excluding hydrogens is 264 g/mol. The molecule has 1 aromatic rings. The van der Waals surface area contributed by atoms with Crippen LogP contribution >= 0.6 is 0 Å². The quantitative estimate of drug-likeness (QED) is 0.806. The second-order valence-electron chi connectivity index (χ2n) is 4.11. The monoisotopic (exact) mass is 284 g/mol. The number of hydrogen-bond acceptors (Lipinski definition) is 6. The molecule has 1 rings (SSSR count). The first-order chi connectivity index (χ1) is 9.47. The van der Waals surface area contributed by atoms with Gasteiger partial charge in [0.2, 0.25) is 0 Å². The highest BCUT2D eigenvalue weighted by Crippen LogP contribution is 2.29. The number of aliphatic hydroxyl groups excluding tert-OH is 1. The van der Waals surface area contributed by atoms with E-state index in [9.17, 15) is 14.7 Å². The van der Waals surface area contributed by atoms with Gasteiger partial charge in [0, 0.05) is 6.42 Å². The summed E-state index contributed by atoms with van der Waals surface area (Å²) in [6, 6.07) is 0. The fourth-order valence-electron chi connectivity index (χ4n) is 1.87. The molecule has 0 aromatic carbocycles. The Morgan fingerprint density at radius 1 is 1.10 bits per heavy atom. The number of esters is 2. The number of aryl methyl sites for hydroxylation is 1. The van der Waals surface area contributed by atoms with Crippen LogP contribution in [0.25, 0.3) is 0 Å². The minimum absolute atomic E-state index is 0.0309. The van der Waals surface area contributed by atoms with Gasteiger partial charge in [0.15, 0.2) is 0 Å². The van der Waals surface area contributed by atoms with Gasteiger partial charge >= 0.3 is 11.9 Å². The van der Waals surface area contributed by atoms with Crippen molar-refractivity contribution >= 4 is 11.9 Å². The number of ether oxygens (including phenoxy) is 2. The molecule has 20 heavy (non-hydrogen) atoms. The number of rotatable bonds is 6. The largest absolute Gasteiger partial charge is 0.462 e. The van der Waals surface area contributed by atoms with Gasteiger partial charge in [0.25, 0.3) is 0 Å². The molecule has 1 atom stereocenters. The summed E-state index contributed by atoms with van der Waals surface area (Å²) in [5.41, 5.74) is 0.000787. The first kappa shape index (κ1) is 16.2. The Bertz CT molecular complexity index is 486. The number of aliphatic hydroxyl groups is 1. The smallest absolute Gasteiger partial charge is 0.342 e. The molecular formula is C14H20O6. The van der Waals surface area contributed by atoms with E-state index in [2.05, 4.69) is 0 Å². The first-order valence-corrected chi connectivity index (χ1v) is 6.65. The third-order valence-corrected chi connectivity index (χ3v) is 2.67. The van der Waals surface area contributed by atoms with E-state index in [0.717, 1.165) is 0 Å². The highest BCUT2D eigenvalue weighted by atomic mass is 16.5. The SMILES string of the molecule is CCOC(=O)c1c(CC)oc(C(C)O)c1C(=O)OCC. The van der Waals surface area contributed by atoms with Crippen molar-refractivity contribution in [3.8, 4) is 0 Å². The zero-order valence-electron chi connectivity index (χ0n) is 12.2. The van der Waals surface area contributed by atoms with E-state index in [4.69, 9.17) is 13.9 Å². The minimum atomic E-state index is -1.03. The zero-order chi connectivity index (χ0) is 15.3. The Balaban J connectivity index is 3.43. The van der Waals surface area contributed by atoms with Crippen LogP contribution in [0.5, 0.6) is 0 Å². The molecule has 1 aromatic heterocycles. The van der Waals surface area contributed by atoms with Gasteiger partial charge in [-0.05, 0) is 20.8 Å². The van der Waals surface area contributed by atoms with Crippen LogP contribution in [0.2, 0.25) is 0 Å². The normalized spacial score (nSPS) is 12.1. The molecule has 0 amide bonds. The zero-order valence-corrected chi connectivity index (χ0v) is 12.2. The predicted molar refractivity (Wildman–Crippen MR) is 70.6 cm³/mol. The van der Waals surface area contributed by atoms with Crippen LogP contribution in [0.15, 0.2) is 4.42 Å². The summed E-state index contributed by atoms with van der Waals surface area (Å²) >= 11 is 0. The van der Waals surface area contributed by atoms with Crippen molar-refractivity contribution < 1.29 is 28.6 Å². The van der Waals surface area contributed by atoms with Gasteiger partial charge in [-0.1, -0.05) is 6.92 Å². The van der Waals surface area contributed by atoms with Crippen LogP contribution in [0.3, 0.4) is 0 Å². The van der Waals surface area contributed by atoms with Crippen molar-refractivity contribution in [2.75, 3.05) is 13.2 Å². The lowest BCUT2D eigenvalue weighted by atomic mass is 10.1. The van der Waals surface area contributed by atoms with Gasteiger partial charge in [-0.25, -0.2) is 9.59 Å². The first-order valence-electron chi connectivity index (χ1n) is 6.65. The summed E-state index contributed by atoms with van der Waals surface area (Å²) < 4.78 is 15.3. The molecule has 0 saturated carbocycles. The minimum Gasteiger partial charge on any atom is -0.462 e. The topological polar surface area (TPSA) is 86.0 Å². The lowest BCUT2D eigenvalue weighted by molar-refractivity contribution is 0.0475. The lowest BCUT2D eigenvalue weighted by Gasteiger charge is -2.07. The van der Waals surface area contributed by atoms with Crippen LogP contribution in [0.4, 0.5) is 0 Å². The van der Waals surface area contributed by atoms with Gasteiger partial charge in [0.1, 0.15) is 28.8 Å². The van der Waals surface area contributed by atoms with Gasteiger partial charge in [-0.15, -0.1) is 0 Å². The maximum atomic E-state index is 12.0. The van der Waals surface area contributed by atoms with Gasteiger partial charge < -0.3 is 19.0 Å². The maximum Gasteiger partial charge on any atom is 0.342 e. The van der Waals surface area contributed by atoms with Crippen molar-refractivity contribution in [3.63, 3.8) is 0 Å². The molecule has 0 fully saturated rings. The predicted octanol–water partition coefficient (Wildman–Crippen LogP) is 2.25. The maximum absolute atomic E-state index is 12.0. The number of carbonyl (C=O) groups excluding carboxylic acids is 2. The van der Waals surface area contributed by atoms with Crippen molar-refractivity contribution in [3.05, 3.63) is 22.6 Å². The Labute approximate surface area is 117 Å². The lowest BCUT2D eigenvalue weighted by Crippen LogP contribution is -2.15. The van der Waals surface area contributed by atoms with Crippen molar-refractivity contribution in [1.29, 1.82) is 0 Å². The van der Waals surface area contributed by atoms with E-state index in [1.807, 2.05) is 0 Å². The summed E-state index contributed by atoms with van der Waals surface area (Å²) in [4.78, 5) is 24.0. The molecule has 0 aliphatic heterocycles. The summed E-state index contributed by atoms with van der Waals surface area (Å²) in [6.45, 7) is 6.90. The summed E-state index contributed by atoms with van der Waals surface area (Å²) in [5.74, 6) is -1.01. The van der Waals surface area contributed by atoms with Crippen LogP contribution in [-0.2, 0) is 15.9 Å². The van der Waals surface area contributed by atoms with Gasteiger partial charge in [-0.3, -0.25) is 0 Å². The molecule has 0 bridgehead atoms. The highest BCUT2D eigenvalue weighted by molar-refractivity contribution is 6.04. The molecule has 112 valence electrons. The summed E-state index contributed by atoms with van der Waals surface area (Å²) in [7, 11) is 0. The van der Waals surface area contributed by atoms with Crippen LogP contribution in [0.1, 0.15) is 66.0 Å². The molecule has 0 radical (unpaired) electrons. The van der Waals surface area contributed by atoms with Crippen molar-refractivity contribution in [2.24, 2.45) is 0 Å². The van der Waals surface area contributed by atoms with Crippen LogP contribution in [0, 0.1) is 0 Å². The second-order valence-corrected chi connectivity index (χ2v) is 4.11. The van der Waals surface area contributed by atoms with Crippen LogP contribution < -0.4 is 0 Å². The highest BCUT2D eigenvalue weighted by Gasteiger charge is 2.32. The van der Waals surface area contributed by atoms with Gasteiger partial charge in [0.05, 0.1) is 13.2 Å². The molecule has 6 nitrogen and oxygen atoms in total. The molecule has 1 unspecified atom stereocenters. The molecule has 0 saturated heterocycles. The summed E-state index contributed by atoms with van der Waals surface area (Å²) in [5, 5.41) is 9.71. The van der Waals surface area contributed by atoms with Crippen molar-refractivity contribution in [2.45, 2.75) is 40.2 Å². The average Bonchev–Trinajstić information content (AvgIpc) is 2.78. The average molecular weight is 284 g/mol. The Morgan fingerprint density at radius 3 is 2.00 bits per heavy atom. The molecule has 1 heterocycles. The third kappa shape index (κ3) is 3.19. The second kappa shape index (κ2) is 7.09. The standard InChI is InChI=1S/C14H20O6/c1-5-9-10(13(16)18-6-2)11(14(17)19-7-3)12(20-9)8(4)15/h8,15H,5-7H2,1-4H3. The molecule has 0 spiro atoms. The van der Waals surface area contributed by atoms with E-state index in [1.54, 1.807) is 20.8 Å². The van der Waals surface area contributed by atoms with E-state index < -0.39 is 18.0 Å². The number of carbonyl (C=O) groups is 2.